The van der Waals surface area contributed by atoms with E-state index in [4.69, 9.17) is 37.9 Å². The Bertz CT molecular complexity index is 1290. The summed E-state index contributed by atoms with van der Waals surface area (Å²) in [5.74, 6) is 0.997. The summed E-state index contributed by atoms with van der Waals surface area (Å²) in [5, 5.41) is 80.1. The lowest BCUT2D eigenvalue weighted by Gasteiger charge is -2.39. The molecule has 0 aromatic heterocycles. The molecule has 0 radical (unpaired) electrons. The van der Waals surface area contributed by atoms with Gasteiger partial charge in [0.2, 0.25) is 12.6 Å². The van der Waals surface area contributed by atoms with Crippen LogP contribution in [0.5, 0.6) is 23.0 Å². The average Bonchev–Trinajstić information content (AvgIpc) is 3.72. The predicted molar refractivity (Wildman–Crippen MR) is 159 cm³/mol. The molecule has 8 N–H and O–H groups in total. The number of hydrogen-bond acceptors (Lipinski definition) is 16. The third kappa shape index (κ3) is 6.44. The van der Waals surface area contributed by atoms with Crippen LogP contribution in [-0.4, -0.2) is 143 Å². The van der Waals surface area contributed by atoms with Gasteiger partial charge in [0.1, 0.15) is 48.8 Å². The summed E-state index contributed by atoms with van der Waals surface area (Å²) >= 11 is 0. The molecule has 0 unspecified atom stereocenters. The first-order valence-corrected chi connectivity index (χ1v) is 15.6. The molecular weight excluding hydrogens is 640 g/mol. The normalized spacial score (nSPS) is 39.5. The molecule has 4 aliphatic heterocycles. The van der Waals surface area contributed by atoms with Crippen LogP contribution in [0.25, 0.3) is 0 Å². The van der Waals surface area contributed by atoms with Gasteiger partial charge in [0.25, 0.3) is 0 Å². The Labute approximate surface area is 275 Å². The van der Waals surface area contributed by atoms with E-state index < -0.39 is 74.6 Å². The molecule has 4 saturated heterocycles. The second-order valence-electron chi connectivity index (χ2n) is 12.3. The number of fused-ring (bicyclic) bond motifs is 1. The number of hydrogen-bond donors (Lipinski definition) is 8. The van der Waals surface area contributed by atoms with Crippen molar-refractivity contribution in [2.75, 3.05) is 40.6 Å². The standard InChI is InChI=1S/C32H42O16/c1-41-19-7-13(3-5-17(19)45-31-27(39)25(37)23(35)21(9-33)47-31)29-15-11-44-30(16(15)12-43-29)14-4-6-18(20(8-14)42-2)46-32-28(40)26(38)24(36)22(10-34)48-32/h3-8,15-16,21-40H,9-12H2,1-2H3/t15-,16-,21+,22+,23-,24-,25+,26+,27+,28+,29+,30+,31-,32-/m0/s1. The highest BCUT2D eigenvalue weighted by molar-refractivity contribution is 5.46. The van der Waals surface area contributed by atoms with Gasteiger partial charge in [-0.2, -0.15) is 0 Å². The Morgan fingerprint density at radius 2 is 0.958 bits per heavy atom. The Hall–Kier alpha value is -2.84. The van der Waals surface area contributed by atoms with E-state index in [0.717, 1.165) is 11.1 Å². The summed E-state index contributed by atoms with van der Waals surface area (Å²) < 4.78 is 46.1. The van der Waals surface area contributed by atoms with Gasteiger partial charge in [0.05, 0.1) is 52.9 Å². The van der Waals surface area contributed by atoms with Crippen molar-refractivity contribution in [3.63, 3.8) is 0 Å². The van der Waals surface area contributed by atoms with E-state index in [1.54, 1.807) is 36.4 Å². The molecule has 4 fully saturated rings. The Kier molecular flexibility index (Phi) is 10.6. The maximum absolute atomic E-state index is 10.4. The Balaban J connectivity index is 1.14. The summed E-state index contributed by atoms with van der Waals surface area (Å²) in [6.45, 7) is -0.371. The largest absolute Gasteiger partial charge is 0.493 e. The first kappa shape index (κ1) is 35.0. The molecular formula is C32H42O16. The van der Waals surface area contributed by atoms with Gasteiger partial charge in [0.15, 0.2) is 23.0 Å². The zero-order chi connectivity index (χ0) is 34.3. The van der Waals surface area contributed by atoms with Crippen molar-refractivity contribution in [1.82, 2.24) is 0 Å². The van der Waals surface area contributed by atoms with Crippen LogP contribution < -0.4 is 18.9 Å². The number of rotatable bonds is 10. The monoisotopic (exact) mass is 682 g/mol. The molecule has 6 rings (SSSR count). The number of aliphatic hydroxyl groups is 8. The number of ether oxygens (including phenoxy) is 8. The van der Waals surface area contributed by atoms with Crippen molar-refractivity contribution in [2.24, 2.45) is 11.8 Å². The zero-order valence-corrected chi connectivity index (χ0v) is 26.2. The first-order valence-electron chi connectivity index (χ1n) is 15.6. The van der Waals surface area contributed by atoms with Crippen molar-refractivity contribution in [2.45, 2.75) is 73.6 Å². The van der Waals surface area contributed by atoms with Gasteiger partial charge in [-0.3, -0.25) is 0 Å². The fourth-order valence-corrected chi connectivity index (χ4v) is 6.73. The van der Waals surface area contributed by atoms with Crippen LogP contribution in [0.4, 0.5) is 0 Å². The van der Waals surface area contributed by atoms with E-state index in [2.05, 4.69) is 0 Å². The van der Waals surface area contributed by atoms with Gasteiger partial charge in [0, 0.05) is 11.8 Å². The number of aliphatic hydroxyl groups excluding tert-OH is 8. The van der Waals surface area contributed by atoms with Gasteiger partial charge in [-0.05, 0) is 35.4 Å². The zero-order valence-electron chi connectivity index (χ0n) is 26.2. The average molecular weight is 683 g/mol. The summed E-state index contributed by atoms with van der Waals surface area (Å²) in [6, 6.07) is 10.3. The van der Waals surface area contributed by atoms with E-state index in [0.29, 0.717) is 24.7 Å². The second kappa shape index (κ2) is 14.6. The molecule has 266 valence electrons. The number of methoxy groups -OCH3 is 2. The quantitative estimate of drug-likeness (QED) is 0.137. The highest BCUT2D eigenvalue weighted by Crippen LogP contribution is 2.52. The van der Waals surface area contributed by atoms with Crippen LogP contribution in [0.15, 0.2) is 36.4 Å². The summed E-state index contributed by atoms with van der Waals surface area (Å²) in [5.41, 5.74) is 1.59. The van der Waals surface area contributed by atoms with Gasteiger partial charge in [-0.15, -0.1) is 0 Å². The molecule has 0 saturated carbocycles. The van der Waals surface area contributed by atoms with E-state index in [1.807, 2.05) is 0 Å². The van der Waals surface area contributed by atoms with Gasteiger partial charge in [-0.25, -0.2) is 0 Å². The lowest BCUT2D eigenvalue weighted by molar-refractivity contribution is -0.277. The topological polar surface area (TPSA) is 236 Å². The third-order valence-electron chi connectivity index (χ3n) is 9.48. The Morgan fingerprint density at radius 1 is 0.562 bits per heavy atom. The van der Waals surface area contributed by atoms with Crippen molar-refractivity contribution in [1.29, 1.82) is 0 Å². The fraction of sp³-hybridized carbons (Fsp3) is 0.625. The van der Waals surface area contributed by atoms with Crippen LogP contribution >= 0.6 is 0 Å². The Morgan fingerprint density at radius 3 is 1.31 bits per heavy atom. The summed E-state index contributed by atoms with van der Waals surface area (Å²) in [7, 11) is 2.90. The maximum atomic E-state index is 10.4. The lowest BCUT2D eigenvalue weighted by Crippen LogP contribution is -2.60. The predicted octanol–water partition coefficient (Wildman–Crippen LogP) is -1.86. The minimum absolute atomic E-state index is 0.0204. The molecule has 16 nitrogen and oxygen atoms in total. The molecule has 16 heteroatoms. The molecule has 48 heavy (non-hydrogen) atoms. The van der Waals surface area contributed by atoms with E-state index in [9.17, 15) is 40.9 Å². The SMILES string of the molecule is COc1cc([C@H]2OC[C@H]3[C@@H]2CO[C@@H]3c2ccc(O[C@H]3O[C@H](CO)[C@H](O)[C@@H](O)[C@H]3O)c(OC)c2)ccc1O[C@H]1O[C@H](CO)[C@H](O)[C@@H](O)[C@H]1O. The fourth-order valence-electron chi connectivity index (χ4n) is 6.73. The third-order valence-corrected chi connectivity index (χ3v) is 9.48. The molecule has 0 aliphatic carbocycles. The van der Waals surface area contributed by atoms with Crippen LogP contribution in [0, 0.1) is 11.8 Å². The molecule has 0 spiro atoms. The van der Waals surface area contributed by atoms with Crippen molar-refractivity contribution >= 4 is 0 Å². The van der Waals surface area contributed by atoms with E-state index >= 15 is 0 Å². The molecule has 4 heterocycles. The van der Waals surface area contributed by atoms with Gasteiger partial charge in [-0.1, -0.05) is 12.1 Å². The van der Waals surface area contributed by atoms with Crippen LogP contribution in [0.3, 0.4) is 0 Å². The van der Waals surface area contributed by atoms with Crippen molar-refractivity contribution < 1.29 is 78.7 Å². The second-order valence-corrected chi connectivity index (χ2v) is 12.3. The molecule has 14 atom stereocenters. The van der Waals surface area contributed by atoms with Crippen molar-refractivity contribution in [3.05, 3.63) is 47.5 Å². The smallest absolute Gasteiger partial charge is 0.229 e. The van der Waals surface area contributed by atoms with Gasteiger partial charge >= 0.3 is 0 Å². The molecule has 0 bridgehead atoms. The molecule has 4 aliphatic rings. The van der Waals surface area contributed by atoms with Crippen LogP contribution in [0.2, 0.25) is 0 Å². The highest BCUT2D eigenvalue weighted by atomic mass is 16.7. The minimum Gasteiger partial charge on any atom is -0.493 e. The minimum atomic E-state index is -1.59. The summed E-state index contributed by atoms with van der Waals surface area (Å²) in [4.78, 5) is 0. The van der Waals surface area contributed by atoms with E-state index in [1.165, 1.54) is 14.2 Å². The van der Waals surface area contributed by atoms with Crippen LogP contribution in [0.1, 0.15) is 23.3 Å². The molecule has 0 amide bonds. The maximum Gasteiger partial charge on any atom is 0.229 e. The lowest BCUT2D eigenvalue weighted by atomic mass is 9.85. The molecule has 2 aromatic rings. The number of benzene rings is 2. The van der Waals surface area contributed by atoms with Gasteiger partial charge < -0.3 is 78.7 Å². The van der Waals surface area contributed by atoms with Crippen molar-refractivity contribution in [3.8, 4) is 23.0 Å². The van der Waals surface area contributed by atoms with Crippen LogP contribution in [-0.2, 0) is 18.9 Å². The highest BCUT2D eigenvalue weighted by Gasteiger charge is 2.49. The summed E-state index contributed by atoms with van der Waals surface area (Å²) in [6.07, 6.45) is -15.0. The van der Waals surface area contributed by atoms with E-state index in [-0.39, 0.29) is 35.5 Å². The molecule has 2 aromatic carbocycles. The first-order chi connectivity index (χ1) is 23.1.